The van der Waals surface area contributed by atoms with Gasteiger partial charge >= 0.3 is 0 Å². The van der Waals surface area contributed by atoms with Crippen molar-refractivity contribution >= 4 is 37.5 Å². The lowest BCUT2D eigenvalue weighted by molar-refractivity contribution is 0.385. The molecule has 0 fully saturated rings. The van der Waals surface area contributed by atoms with E-state index >= 15 is 0 Å². The molecule has 1 aromatic rings. The highest BCUT2D eigenvalue weighted by Crippen LogP contribution is 2.22. The Morgan fingerprint density at radius 1 is 1.35 bits per heavy atom. The number of nitrogens with zero attached hydrogens (tertiary/aromatic N) is 2. The highest BCUT2D eigenvalue weighted by Gasteiger charge is 2.23. The second-order valence-electron chi connectivity index (χ2n) is 4.52. The number of nitrogens with one attached hydrogen (secondary N) is 1. The van der Waals surface area contributed by atoms with Gasteiger partial charge in [-0.1, -0.05) is 6.92 Å². The van der Waals surface area contributed by atoms with E-state index in [0.717, 1.165) is 28.9 Å². The summed E-state index contributed by atoms with van der Waals surface area (Å²) in [6, 6.07) is 1.95. The summed E-state index contributed by atoms with van der Waals surface area (Å²) < 4.78 is 28.4. The topological polar surface area (TPSA) is 52.7 Å². The summed E-state index contributed by atoms with van der Waals surface area (Å²) in [6.07, 6.45) is 0.808. The molecule has 0 aliphatic rings. The van der Waals surface area contributed by atoms with Crippen LogP contribution in [0.3, 0.4) is 0 Å². The maximum atomic E-state index is 12.3. The molecule has 0 aliphatic heterocycles. The zero-order valence-corrected chi connectivity index (χ0v) is 15.3. The summed E-state index contributed by atoms with van der Waals surface area (Å²) >= 11 is 4.92. The van der Waals surface area contributed by atoms with E-state index < -0.39 is 10.2 Å². The van der Waals surface area contributed by atoms with Gasteiger partial charge in [-0.2, -0.15) is 17.0 Å². The van der Waals surface area contributed by atoms with Crippen molar-refractivity contribution in [3.63, 3.8) is 0 Å². The molecule has 0 amide bonds. The summed E-state index contributed by atoms with van der Waals surface area (Å²) in [5.41, 5.74) is 0. The second-order valence-corrected chi connectivity index (χ2v) is 8.58. The number of hydrogen-bond acceptors (Lipinski definition) is 4. The van der Waals surface area contributed by atoms with Gasteiger partial charge in [0.2, 0.25) is 0 Å². The minimum atomic E-state index is -3.38. The van der Waals surface area contributed by atoms with Gasteiger partial charge in [0, 0.05) is 41.9 Å². The molecule has 0 unspecified atom stereocenters. The van der Waals surface area contributed by atoms with Gasteiger partial charge in [0.25, 0.3) is 10.2 Å². The van der Waals surface area contributed by atoms with Gasteiger partial charge in [0.1, 0.15) is 0 Å². The monoisotopic (exact) mass is 383 g/mol. The lowest BCUT2D eigenvalue weighted by Gasteiger charge is -2.24. The van der Waals surface area contributed by atoms with Crippen LogP contribution in [-0.2, 0) is 16.8 Å². The molecule has 0 spiro atoms. The van der Waals surface area contributed by atoms with Crippen LogP contribution in [0.2, 0.25) is 0 Å². The standard InChI is InChI=1S/C12H22BrN3O2S2/c1-4-14-6-5-7-15(2)20(17,18)16(3)9-12-8-11(13)10-19-12/h8,10,14H,4-7,9H2,1-3H3. The Hall–Kier alpha value is 0.01000. The van der Waals surface area contributed by atoms with E-state index in [1.165, 1.54) is 8.61 Å². The molecule has 8 heteroatoms. The van der Waals surface area contributed by atoms with Gasteiger partial charge < -0.3 is 5.32 Å². The van der Waals surface area contributed by atoms with E-state index in [-0.39, 0.29) is 0 Å². The molecule has 0 saturated heterocycles. The quantitative estimate of drug-likeness (QED) is 0.664. The molecule has 1 N–H and O–H groups in total. The van der Waals surface area contributed by atoms with Gasteiger partial charge in [-0.3, -0.25) is 0 Å². The molecule has 20 heavy (non-hydrogen) atoms. The van der Waals surface area contributed by atoms with E-state index in [1.807, 2.05) is 18.4 Å². The first-order valence-corrected chi connectivity index (χ1v) is 9.56. The van der Waals surface area contributed by atoms with Crippen molar-refractivity contribution in [1.82, 2.24) is 13.9 Å². The summed E-state index contributed by atoms with van der Waals surface area (Å²) in [7, 11) is -0.143. The normalized spacial score (nSPS) is 12.5. The van der Waals surface area contributed by atoms with Crippen molar-refractivity contribution in [1.29, 1.82) is 0 Å². The summed E-state index contributed by atoms with van der Waals surface area (Å²) in [4.78, 5) is 1.02. The molecule has 116 valence electrons. The van der Waals surface area contributed by atoms with E-state index in [0.29, 0.717) is 13.1 Å². The molecule has 0 bridgehead atoms. The van der Waals surface area contributed by atoms with Crippen LogP contribution < -0.4 is 5.32 Å². The maximum absolute atomic E-state index is 12.3. The third-order valence-electron chi connectivity index (χ3n) is 2.86. The lowest BCUT2D eigenvalue weighted by atomic mass is 10.4. The van der Waals surface area contributed by atoms with Crippen LogP contribution in [0.25, 0.3) is 0 Å². The smallest absolute Gasteiger partial charge is 0.281 e. The Morgan fingerprint density at radius 2 is 2.05 bits per heavy atom. The highest BCUT2D eigenvalue weighted by molar-refractivity contribution is 9.10. The van der Waals surface area contributed by atoms with E-state index in [1.54, 1.807) is 25.4 Å². The fourth-order valence-corrected chi connectivity index (χ4v) is 4.42. The first-order chi connectivity index (χ1) is 9.37. The summed E-state index contributed by atoms with van der Waals surface area (Å²) in [5, 5.41) is 5.14. The third kappa shape index (κ3) is 5.42. The average molecular weight is 384 g/mol. The van der Waals surface area contributed by atoms with Crippen molar-refractivity contribution in [3.8, 4) is 0 Å². The van der Waals surface area contributed by atoms with Gasteiger partial charge in [-0.05, 0) is 41.5 Å². The highest BCUT2D eigenvalue weighted by atomic mass is 79.9. The Bertz CT molecular complexity index is 505. The number of rotatable bonds is 9. The zero-order chi connectivity index (χ0) is 15.2. The molecule has 0 saturated carbocycles. The molecule has 0 atom stereocenters. The Balaban J connectivity index is 2.53. The number of halogens is 1. The zero-order valence-electron chi connectivity index (χ0n) is 12.1. The van der Waals surface area contributed by atoms with Crippen LogP contribution in [0.15, 0.2) is 15.9 Å². The van der Waals surface area contributed by atoms with Gasteiger partial charge in [-0.15, -0.1) is 11.3 Å². The van der Waals surface area contributed by atoms with Gasteiger partial charge in [0.15, 0.2) is 0 Å². The van der Waals surface area contributed by atoms with Crippen LogP contribution >= 0.6 is 27.3 Å². The predicted molar refractivity (Wildman–Crippen MR) is 88.2 cm³/mol. The Morgan fingerprint density at radius 3 is 2.60 bits per heavy atom. The molecule has 0 aliphatic carbocycles. The average Bonchev–Trinajstić information content (AvgIpc) is 2.79. The third-order valence-corrected chi connectivity index (χ3v) is 6.43. The van der Waals surface area contributed by atoms with Crippen molar-refractivity contribution < 1.29 is 8.42 Å². The van der Waals surface area contributed by atoms with Gasteiger partial charge in [-0.25, -0.2) is 0 Å². The summed E-state index contributed by atoms with van der Waals surface area (Å²) in [5.74, 6) is 0. The molecule has 1 heterocycles. The second kappa shape index (κ2) is 8.45. The van der Waals surface area contributed by atoms with Gasteiger partial charge in [0.05, 0.1) is 0 Å². The van der Waals surface area contributed by atoms with Crippen LogP contribution in [-0.4, -0.2) is 50.8 Å². The van der Waals surface area contributed by atoms with E-state index in [2.05, 4.69) is 21.2 Å². The predicted octanol–water partition coefficient (Wildman–Crippen LogP) is 2.12. The summed E-state index contributed by atoms with van der Waals surface area (Å²) in [6.45, 7) is 4.69. The molecule has 0 aromatic carbocycles. The van der Waals surface area contributed by atoms with E-state index in [4.69, 9.17) is 0 Å². The molecule has 1 aromatic heterocycles. The van der Waals surface area contributed by atoms with Crippen molar-refractivity contribution in [2.45, 2.75) is 19.9 Å². The molecule has 5 nitrogen and oxygen atoms in total. The fraction of sp³-hybridized carbons (Fsp3) is 0.667. The Kier molecular flexibility index (Phi) is 7.63. The minimum absolute atomic E-state index is 0.399. The molecular weight excluding hydrogens is 362 g/mol. The molecule has 0 radical (unpaired) electrons. The lowest BCUT2D eigenvalue weighted by Crippen LogP contribution is -2.40. The Labute approximate surface area is 134 Å². The number of hydrogen-bond donors (Lipinski definition) is 1. The molecular formula is C12H22BrN3O2S2. The van der Waals surface area contributed by atoms with Crippen LogP contribution in [0.4, 0.5) is 0 Å². The fourth-order valence-electron chi connectivity index (χ4n) is 1.69. The first-order valence-electron chi connectivity index (χ1n) is 6.49. The first kappa shape index (κ1) is 18.1. The van der Waals surface area contributed by atoms with Crippen molar-refractivity contribution in [2.75, 3.05) is 33.7 Å². The maximum Gasteiger partial charge on any atom is 0.281 e. The minimum Gasteiger partial charge on any atom is -0.317 e. The molecule has 1 rings (SSSR count). The number of thiophene rings is 1. The SMILES string of the molecule is CCNCCCN(C)S(=O)(=O)N(C)Cc1cc(Br)cs1. The van der Waals surface area contributed by atoms with Crippen LogP contribution in [0, 0.1) is 0 Å². The van der Waals surface area contributed by atoms with Crippen molar-refractivity contribution in [3.05, 3.63) is 20.8 Å². The largest absolute Gasteiger partial charge is 0.317 e. The van der Waals surface area contributed by atoms with E-state index in [9.17, 15) is 8.42 Å². The van der Waals surface area contributed by atoms with Crippen molar-refractivity contribution in [2.24, 2.45) is 0 Å². The van der Waals surface area contributed by atoms with Crippen LogP contribution in [0.5, 0.6) is 0 Å². The van der Waals surface area contributed by atoms with Crippen LogP contribution in [0.1, 0.15) is 18.2 Å².